The summed E-state index contributed by atoms with van der Waals surface area (Å²) in [6.45, 7) is 8.93. The first-order chi connectivity index (χ1) is 18.6. The minimum absolute atomic E-state index is 0.0863. The standard InChI is InChI=1S/C31H39N3O5/c1-5-32(6-2)29(36)23-39-27-20-33(18-16-24-11-8-7-9-12-24)28(35)22-34(21-27)30(37)26-14-10-13-25(19-26)15-17-31(3,4)38/h7-14,19,27,38H,5-6,16,18,20-23H2,1-4H3. The third-order valence-corrected chi connectivity index (χ3v) is 6.51. The number of ether oxygens (including phenoxy) is 1. The first-order valence-electron chi connectivity index (χ1n) is 13.5. The zero-order chi connectivity index (χ0) is 28.4. The van der Waals surface area contributed by atoms with Gasteiger partial charge in [0.2, 0.25) is 11.8 Å². The topological polar surface area (TPSA) is 90.4 Å². The van der Waals surface area contributed by atoms with Crippen molar-refractivity contribution in [3.05, 3.63) is 71.3 Å². The highest BCUT2D eigenvalue weighted by Crippen LogP contribution is 2.15. The molecule has 1 atom stereocenters. The fourth-order valence-corrected chi connectivity index (χ4v) is 4.36. The van der Waals surface area contributed by atoms with Crippen LogP contribution in [-0.4, -0.2) is 95.1 Å². The van der Waals surface area contributed by atoms with Crippen LogP contribution >= 0.6 is 0 Å². The van der Waals surface area contributed by atoms with Gasteiger partial charge in [-0.2, -0.15) is 0 Å². The third-order valence-electron chi connectivity index (χ3n) is 6.51. The molecule has 0 radical (unpaired) electrons. The predicted octanol–water partition coefficient (Wildman–Crippen LogP) is 2.59. The SMILES string of the molecule is CCN(CC)C(=O)COC1CN(CCc2ccccc2)C(=O)CN(C(=O)c2cccc(C#CC(C)(C)O)c2)C1. The van der Waals surface area contributed by atoms with Crippen LogP contribution in [0.25, 0.3) is 0 Å². The molecule has 2 aromatic rings. The van der Waals surface area contributed by atoms with Crippen LogP contribution < -0.4 is 0 Å². The molecule has 1 saturated heterocycles. The Morgan fingerprint density at radius 1 is 1.08 bits per heavy atom. The summed E-state index contributed by atoms with van der Waals surface area (Å²) in [5.41, 5.74) is 0.931. The molecule has 8 heteroatoms. The largest absolute Gasteiger partial charge is 0.378 e. The number of likely N-dealkylation sites (N-methyl/N-ethyl adjacent to an activating group) is 1. The molecule has 0 aromatic heterocycles. The molecule has 208 valence electrons. The zero-order valence-corrected chi connectivity index (χ0v) is 23.4. The molecule has 39 heavy (non-hydrogen) atoms. The van der Waals surface area contributed by atoms with E-state index in [0.29, 0.717) is 37.2 Å². The molecule has 8 nitrogen and oxygen atoms in total. The van der Waals surface area contributed by atoms with Crippen LogP contribution in [-0.2, 0) is 20.7 Å². The number of hydrogen-bond donors (Lipinski definition) is 1. The van der Waals surface area contributed by atoms with Gasteiger partial charge in [0.1, 0.15) is 18.8 Å². The Kier molecular flexibility index (Phi) is 10.7. The summed E-state index contributed by atoms with van der Waals surface area (Å²) < 4.78 is 6.03. The second kappa shape index (κ2) is 13.9. The molecule has 0 bridgehead atoms. The maximum atomic E-state index is 13.5. The smallest absolute Gasteiger partial charge is 0.254 e. The summed E-state index contributed by atoms with van der Waals surface area (Å²) in [5.74, 6) is 5.04. The Morgan fingerprint density at radius 2 is 1.79 bits per heavy atom. The number of aliphatic hydroxyl groups is 1. The normalized spacial score (nSPS) is 15.8. The van der Waals surface area contributed by atoms with Crippen LogP contribution in [0.4, 0.5) is 0 Å². The van der Waals surface area contributed by atoms with E-state index in [2.05, 4.69) is 11.8 Å². The molecule has 0 spiro atoms. The Bertz CT molecular complexity index is 1190. The zero-order valence-electron chi connectivity index (χ0n) is 23.4. The van der Waals surface area contributed by atoms with E-state index in [1.807, 2.05) is 44.2 Å². The maximum Gasteiger partial charge on any atom is 0.254 e. The van der Waals surface area contributed by atoms with Gasteiger partial charge in [-0.1, -0.05) is 48.2 Å². The predicted molar refractivity (Wildman–Crippen MR) is 150 cm³/mol. The van der Waals surface area contributed by atoms with Gasteiger partial charge in [-0.3, -0.25) is 14.4 Å². The lowest BCUT2D eigenvalue weighted by atomic mass is 10.1. The van der Waals surface area contributed by atoms with Crippen molar-refractivity contribution >= 4 is 17.7 Å². The van der Waals surface area contributed by atoms with Crippen LogP contribution in [0.1, 0.15) is 49.2 Å². The van der Waals surface area contributed by atoms with Gasteiger partial charge in [0.25, 0.3) is 5.91 Å². The third kappa shape index (κ3) is 9.24. The molecule has 3 rings (SSSR count). The van der Waals surface area contributed by atoms with Crippen molar-refractivity contribution in [2.75, 3.05) is 45.9 Å². The number of benzene rings is 2. The molecule has 1 fully saturated rings. The van der Waals surface area contributed by atoms with Crippen LogP contribution in [0, 0.1) is 11.8 Å². The van der Waals surface area contributed by atoms with Crippen LogP contribution in [0.3, 0.4) is 0 Å². The molecule has 0 saturated carbocycles. The summed E-state index contributed by atoms with van der Waals surface area (Å²) >= 11 is 0. The number of hydrogen-bond acceptors (Lipinski definition) is 5. The summed E-state index contributed by atoms with van der Waals surface area (Å²) in [6, 6.07) is 16.7. The average molecular weight is 534 g/mol. The Hall–Kier alpha value is -3.67. The Morgan fingerprint density at radius 3 is 2.46 bits per heavy atom. The lowest BCUT2D eigenvalue weighted by molar-refractivity contribution is -0.138. The van der Waals surface area contributed by atoms with Gasteiger partial charge in [-0.05, 0) is 57.9 Å². The van der Waals surface area contributed by atoms with Crippen molar-refractivity contribution in [3.63, 3.8) is 0 Å². The molecule has 3 amide bonds. The summed E-state index contributed by atoms with van der Waals surface area (Å²) in [7, 11) is 0. The number of nitrogens with zero attached hydrogens (tertiary/aromatic N) is 3. The average Bonchev–Trinajstić information content (AvgIpc) is 3.08. The minimum atomic E-state index is -1.16. The van der Waals surface area contributed by atoms with Crippen molar-refractivity contribution in [3.8, 4) is 11.8 Å². The number of carbonyl (C=O) groups is 3. The fraction of sp³-hybridized carbons (Fsp3) is 0.452. The highest BCUT2D eigenvalue weighted by atomic mass is 16.5. The second-order valence-corrected chi connectivity index (χ2v) is 10.1. The quantitative estimate of drug-likeness (QED) is 0.501. The van der Waals surface area contributed by atoms with Crippen LogP contribution in [0.5, 0.6) is 0 Å². The molecule has 1 aliphatic heterocycles. The number of rotatable bonds is 9. The minimum Gasteiger partial charge on any atom is -0.378 e. The molecule has 1 heterocycles. The first-order valence-corrected chi connectivity index (χ1v) is 13.5. The van der Waals surface area contributed by atoms with E-state index in [4.69, 9.17) is 4.74 Å². The van der Waals surface area contributed by atoms with E-state index in [0.717, 1.165) is 5.56 Å². The summed E-state index contributed by atoms with van der Waals surface area (Å²) in [5, 5.41) is 9.92. The van der Waals surface area contributed by atoms with Gasteiger partial charge in [0.15, 0.2) is 0 Å². The molecule has 1 aliphatic rings. The van der Waals surface area contributed by atoms with E-state index < -0.39 is 11.7 Å². The molecule has 1 unspecified atom stereocenters. The molecular formula is C31H39N3O5. The van der Waals surface area contributed by atoms with Crippen molar-refractivity contribution in [2.45, 2.75) is 45.8 Å². The van der Waals surface area contributed by atoms with E-state index in [9.17, 15) is 19.5 Å². The molecule has 0 aliphatic carbocycles. The van der Waals surface area contributed by atoms with Crippen molar-refractivity contribution in [1.29, 1.82) is 0 Å². The van der Waals surface area contributed by atoms with E-state index in [-0.39, 0.29) is 44.0 Å². The van der Waals surface area contributed by atoms with E-state index >= 15 is 0 Å². The van der Waals surface area contributed by atoms with Gasteiger partial charge in [0, 0.05) is 43.9 Å². The van der Waals surface area contributed by atoms with Crippen molar-refractivity contribution in [1.82, 2.24) is 14.7 Å². The monoisotopic (exact) mass is 533 g/mol. The Labute approximate surface area is 231 Å². The van der Waals surface area contributed by atoms with Gasteiger partial charge < -0.3 is 24.5 Å². The van der Waals surface area contributed by atoms with Gasteiger partial charge in [-0.15, -0.1) is 0 Å². The van der Waals surface area contributed by atoms with E-state index in [1.54, 1.807) is 47.9 Å². The summed E-state index contributed by atoms with van der Waals surface area (Å²) in [4.78, 5) is 44.4. The van der Waals surface area contributed by atoms with E-state index in [1.165, 1.54) is 4.90 Å². The lowest BCUT2D eigenvalue weighted by Gasteiger charge is -2.26. The van der Waals surface area contributed by atoms with Crippen molar-refractivity contribution < 1.29 is 24.2 Å². The second-order valence-electron chi connectivity index (χ2n) is 10.1. The maximum absolute atomic E-state index is 13.5. The fourth-order valence-electron chi connectivity index (χ4n) is 4.36. The molecular weight excluding hydrogens is 494 g/mol. The lowest BCUT2D eigenvalue weighted by Crippen LogP contribution is -2.41. The highest BCUT2D eigenvalue weighted by molar-refractivity contribution is 5.97. The number of amides is 3. The van der Waals surface area contributed by atoms with Crippen molar-refractivity contribution in [2.24, 2.45) is 0 Å². The highest BCUT2D eigenvalue weighted by Gasteiger charge is 2.32. The molecule has 2 aromatic carbocycles. The van der Waals surface area contributed by atoms with Crippen LogP contribution in [0.2, 0.25) is 0 Å². The first kappa shape index (κ1) is 29.9. The Balaban J connectivity index is 1.80. The summed E-state index contributed by atoms with van der Waals surface area (Å²) in [6.07, 6.45) is 0.155. The number of carbonyl (C=O) groups excluding carboxylic acids is 3. The van der Waals surface area contributed by atoms with Gasteiger partial charge in [-0.25, -0.2) is 0 Å². The van der Waals surface area contributed by atoms with Gasteiger partial charge >= 0.3 is 0 Å². The molecule has 1 N–H and O–H groups in total. The van der Waals surface area contributed by atoms with Crippen LogP contribution in [0.15, 0.2) is 54.6 Å². The van der Waals surface area contributed by atoms with Gasteiger partial charge in [0.05, 0.1) is 6.10 Å².